The zero-order valence-corrected chi connectivity index (χ0v) is 8.05. The van der Waals surface area contributed by atoms with E-state index in [4.69, 9.17) is 10.8 Å². The molecule has 0 aliphatic carbocycles. The van der Waals surface area contributed by atoms with Gasteiger partial charge in [0.2, 0.25) is 0 Å². The van der Waals surface area contributed by atoms with Crippen molar-refractivity contribution < 1.29 is 9.90 Å². The van der Waals surface area contributed by atoms with Gasteiger partial charge in [-0.1, -0.05) is 19.1 Å². The van der Waals surface area contributed by atoms with Crippen LogP contribution in [0.15, 0.2) is 0 Å². The maximum absolute atomic E-state index is 10.7. The molecule has 0 aromatic rings. The third kappa shape index (κ3) is 1.62. The Bertz CT molecular complexity index is 193. The van der Waals surface area contributed by atoms with E-state index >= 15 is 0 Å². The first-order valence-corrected chi connectivity index (χ1v) is 7.29. The molecule has 1 fully saturated rings. The van der Waals surface area contributed by atoms with E-state index in [1.807, 2.05) is 0 Å². The fourth-order valence-corrected chi connectivity index (χ4v) is 5.11. The zero-order chi connectivity index (χ0) is 8.70. The second-order valence-electron chi connectivity index (χ2n) is 4.30. The smallest absolute Gasteiger partial charge is 0.323 e. The zero-order valence-electron chi connectivity index (χ0n) is 7.05. The van der Waals surface area contributed by atoms with Crippen LogP contribution in [0.5, 0.6) is 0 Å². The highest BCUT2D eigenvalue weighted by molar-refractivity contribution is 6.78. The number of carbonyl (C=O) groups is 1. The highest BCUT2D eigenvalue weighted by atomic mass is 28.3. The van der Waals surface area contributed by atoms with Gasteiger partial charge in [-0.25, -0.2) is 0 Å². The van der Waals surface area contributed by atoms with Crippen LogP contribution < -0.4 is 5.73 Å². The summed E-state index contributed by atoms with van der Waals surface area (Å²) < 4.78 is 0. The fourth-order valence-electron chi connectivity index (χ4n) is 1.77. The summed E-state index contributed by atoms with van der Waals surface area (Å²) >= 11 is 0. The molecular weight excluding hydrogens is 158 g/mol. The predicted octanol–water partition coefficient (Wildman–Crippen LogP) is 0.881. The van der Waals surface area contributed by atoms with E-state index in [2.05, 4.69) is 13.1 Å². The van der Waals surface area contributed by atoms with Crippen LogP contribution in [0.2, 0.25) is 25.2 Å². The average Bonchev–Trinajstić information content (AvgIpc) is 2.08. The van der Waals surface area contributed by atoms with Crippen molar-refractivity contribution in [3.8, 4) is 0 Å². The van der Waals surface area contributed by atoms with E-state index in [9.17, 15) is 4.79 Å². The maximum Gasteiger partial charge on any atom is 0.323 e. The number of nitrogens with two attached hydrogens (primary N) is 1. The highest BCUT2D eigenvalue weighted by Gasteiger charge is 2.46. The van der Waals surface area contributed by atoms with Gasteiger partial charge >= 0.3 is 5.97 Å². The lowest BCUT2D eigenvalue weighted by Crippen LogP contribution is -2.46. The molecule has 0 amide bonds. The molecule has 0 radical (unpaired) electrons. The fraction of sp³-hybridized carbons (Fsp3) is 0.857. The quantitative estimate of drug-likeness (QED) is 0.579. The van der Waals surface area contributed by atoms with Crippen LogP contribution in [-0.4, -0.2) is 24.7 Å². The van der Waals surface area contributed by atoms with E-state index in [-0.39, 0.29) is 0 Å². The SMILES string of the molecule is C[Si]1(C)CC[C@@](N)(C(=O)O)C1. The van der Waals surface area contributed by atoms with Crippen molar-refractivity contribution in [1.82, 2.24) is 0 Å². The van der Waals surface area contributed by atoms with Crippen molar-refractivity contribution in [1.29, 1.82) is 0 Å². The molecule has 0 aromatic heterocycles. The second kappa shape index (κ2) is 2.32. The van der Waals surface area contributed by atoms with Crippen LogP contribution in [0.3, 0.4) is 0 Å². The van der Waals surface area contributed by atoms with Gasteiger partial charge in [-0.2, -0.15) is 0 Å². The Labute approximate surface area is 67.6 Å². The molecule has 1 aliphatic rings. The molecule has 3 nitrogen and oxygen atoms in total. The molecule has 0 bridgehead atoms. The largest absolute Gasteiger partial charge is 0.480 e. The monoisotopic (exact) mass is 173 g/mol. The van der Waals surface area contributed by atoms with Gasteiger partial charge in [0.15, 0.2) is 0 Å². The minimum Gasteiger partial charge on any atom is -0.480 e. The van der Waals surface area contributed by atoms with Crippen LogP contribution >= 0.6 is 0 Å². The Kier molecular flexibility index (Phi) is 1.84. The van der Waals surface area contributed by atoms with E-state index in [0.717, 1.165) is 12.1 Å². The molecule has 1 heterocycles. The molecule has 3 N–H and O–H groups in total. The van der Waals surface area contributed by atoms with Crippen molar-refractivity contribution in [2.45, 2.75) is 37.1 Å². The number of rotatable bonds is 1. The Hall–Kier alpha value is -0.353. The van der Waals surface area contributed by atoms with Crippen LogP contribution in [0.25, 0.3) is 0 Å². The molecule has 0 spiro atoms. The van der Waals surface area contributed by atoms with Gasteiger partial charge < -0.3 is 10.8 Å². The van der Waals surface area contributed by atoms with Crippen molar-refractivity contribution in [2.24, 2.45) is 5.73 Å². The molecule has 0 saturated carbocycles. The lowest BCUT2D eigenvalue weighted by molar-refractivity contribution is -0.142. The van der Waals surface area contributed by atoms with E-state index in [0.29, 0.717) is 6.42 Å². The van der Waals surface area contributed by atoms with Crippen LogP contribution in [0.1, 0.15) is 6.42 Å². The standard InChI is InChI=1S/C7H15NO2Si/c1-11(2)4-3-7(8,5-11)6(9)10/h3-5,8H2,1-2H3,(H,9,10)/t7-/m0/s1. The Morgan fingerprint density at radius 2 is 2.18 bits per heavy atom. The van der Waals surface area contributed by atoms with Gasteiger partial charge in [0.1, 0.15) is 5.54 Å². The summed E-state index contributed by atoms with van der Waals surface area (Å²) in [5, 5.41) is 8.80. The summed E-state index contributed by atoms with van der Waals surface area (Å²) in [7, 11) is -1.24. The minimum absolute atomic E-state index is 0.668. The van der Waals surface area contributed by atoms with Gasteiger partial charge in [-0.15, -0.1) is 0 Å². The predicted molar refractivity (Wildman–Crippen MR) is 46.3 cm³/mol. The van der Waals surface area contributed by atoms with Gasteiger partial charge in [0.25, 0.3) is 0 Å². The number of carboxylic acids is 1. The molecule has 0 aromatic carbocycles. The van der Waals surface area contributed by atoms with Crippen molar-refractivity contribution in [3.05, 3.63) is 0 Å². The number of carboxylic acid groups (broad SMARTS) is 1. The summed E-state index contributed by atoms with van der Waals surface area (Å²) in [6.45, 7) is 4.40. The van der Waals surface area contributed by atoms with E-state index in [1.54, 1.807) is 0 Å². The lowest BCUT2D eigenvalue weighted by atomic mass is 10.0. The normalized spacial score (nSPS) is 35.5. The Morgan fingerprint density at radius 3 is 2.36 bits per heavy atom. The number of hydrogen-bond acceptors (Lipinski definition) is 2. The van der Waals surface area contributed by atoms with Crippen LogP contribution in [-0.2, 0) is 4.79 Å². The molecule has 1 aliphatic heterocycles. The first-order chi connectivity index (χ1) is 4.86. The molecule has 1 atom stereocenters. The summed E-state index contributed by atoms with van der Waals surface area (Å²) in [4.78, 5) is 10.7. The average molecular weight is 173 g/mol. The molecule has 1 rings (SSSR count). The summed E-state index contributed by atoms with van der Waals surface area (Å²) in [6.07, 6.45) is 0.668. The molecule has 4 heteroatoms. The van der Waals surface area contributed by atoms with Gasteiger partial charge in [0.05, 0.1) is 0 Å². The molecule has 0 unspecified atom stereocenters. The topological polar surface area (TPSA) is 63.3 Å². The maximum atomic E-state index is 10.7. The highest BCUT2D eigenvalue weighted by Crippen LogP contribution is 2.36. The summed E-state index contributed by atoms with van der Waals surface area (Å²) in [5.74, 6) is -0.824. The van der Waals surface area contributed by atoms with Crippen molar-refractivity contribution in [2.75, 3.05) is 0 Å². The first-order valence-electron chi connectivity index (χ1n) is 3.88. The minimum atomic E-state index is -1.24. The third-order valence-corrected chi connectivity index (χ3v) is 5.66. The van der Waals surface area contributed by atoms with Gasteiger partial charge in [0, 0.05) is 8.07 Å². The number of hydrogen-bond donors (Lipinski definition) is 2. The molecular formula is C7H15NO2Si. The summed E-state index contributed by atoms with van der Waals surface area (Å²) in [5.41, 5.74) is 4.82. The third-order valence-electron chi connectivity index (χ3n) is 2.47. The number of aliphatic carboxylic acids is 1. The lowest BCUT2D eigenvalue weighted by Gasteiger charge is -2.20. The van der Waals surface area contributed by atoms with Crippen LogP contribution in [0, 0.1) is 0 Å². The van der Waals surface area contributed by atoms with Crippen LogP contribution in [0.4, 0.5) is 0 Å². The molecule has 64 valence electrons. The van der Waals surface area contributed by atoms with E-state index in [1.165, 1.54) is 0 Å². The van der Waals surface area contributed by atoms with E-state index < -0.39 is 19.6 Å². The van der Waals surface area contributed by atoms with Crippen molar-refractivity contribution >= 4 is 14.0 Å². The van der Waals surface area contributed by atoms with Gasteiger partial charge in [-0.3, -0.25) is 4.79 Å². The first kappa shape index (κ1) is 8.74. The molecule has 1 saturated heterocycles. The van der Waals surface area contributed by atoms with Gasteiger partial charge in [-0.05, 0) is 12.5 Å². The second-order valence-corrected chi connectivity index (χ2v) is 9.48. The Balaban J connectivity index is 2.73. The summed E-state index contributed by atoms with van der Waals surface area (Å²) in [6, 6.07) is 1.78. The van der Waals surface area contributed by atoms with Crippen molar-refractivity contribution in [3.63, 3.8) is 0 Å². The molecule has 11 heavy (non-hydrogen) atoms. The Morgan fingerprint density at radius 1 is 1.64 bits per heavy atom.